The number of hydrogen-bond acceptors (Lipinski definition) is 5. The third-order valence-electron chi connectivity index (χ3n) is 5.17. The average Bonchev–Trinajstić information content (AvgIpc) is 3.30. The molecule has 0 radical (unpaired) electrons. The summed E-state index contributed by atoms with van der Waals surface area (Å²) < 4.78 is 6.67. The number of methoxy groups -OCH3 is 1. The van der Waals surface area contributed by atoms with E-state index >= 15 is 0 Å². The molecule has 0 spiro atoms. The largest absolute Gasteiger partial charge is 0.496 e. The van der Waals surface area contributed by atoms with Crippen molar-refractivity contribution in [3.05, 3.63) is 41.2 Å². The summed E-state index contributed by atoms with van der Waals surface area (Å²) in [6.45, 7) is 1.93. The number of nitrogens with zero attached hydrogens (tertiary/aromatic N) is 3. The third-order valence-corrected chi connectivity index (χ3v) is 5.17. The fourth-order valence-electron chi connectivity index (χ4n) is 3.72. The lowest BCUT2D eigenvalue weighted by molar-refractivity contribution is -0.138. The van der Waals surface area contributed by atoms with Crippen molar-refractivity contribution >= 4 is 11.9 Å². The number of aromatic nitrogens is 3. The van der Waals surface area contributed by atoms with Crippen molar-refractivity contribution in [3.8, 4) is 5.75 Å². The van der Waals surface area contributed by atoms with E-state index in [1.165, 1.54) is 10.9 Å². The summed E-state index contributed by atoms with van der Waals surface area (Å²) >= 11 is 0. The van der Waals surface area contributed by atoms with Crippen molar-refractivity contribution in [1.82, 2.24) is 20.3 Å². The van der Waals surface area contributed by atoms with Crippen LogP contribution in [0.4, 0.5) is 0 Å². The van der Waals surface area contributed by atoms with Gasteiger partial charge in [-0.15, -0.1) is 5.10 Å². The molecule has 8 heteroatoms. The number of hydrogen-bond donors (Lipinski definition) is 2. The second-order valence-corrected chi connectivity index (χ2v) is 6.96. The Kier molecular flexibility index (Phi) is 5.43. The first-order chi connectivity index (χ1) is 12.9. The number of aliphatic carboxylic acids is 1. The van der Waals surface area contributed by atoms with Gasteiger partial charge in [0.1, 0.15) is 18.0 Å². The van der Waals surface area contributed by atoms with Gasteiger partial charge in [0.2, 0.25) is 5.91 Å². The molecule has 1 fully saturated rings. The first-order valence-corrected chi connectivity index (χ1v) is 8.99. The molecule has 27 heavy (non-hydrogen) atoms. The second-order valence-electron chi connectivity index (χ2n) is 6.96. The van der Waals surface area contributed by atoms with Crippen LogP contribution >= 0.6 is 0 Å². The van der Waals surface area contributed by atoms with Crippen LogP contribution in [0.2, 0.25) is 0 Å². The van der Waals surface area contributed by atoms with Gasteiger partial charge in [-0.2, -0.15) is 0 Å². The van der Waals surface area contributed by atoms with Crippen molar-refractivity contribution in [2.24, 2.45) is 0 Å². The van der Waals surface area contributed by atoms with Gasteiger partial charge in [0.15, 0.2) is 0 Å². The molecule has 3 rings (SSSR count). The molecular formula is C19H24N4O4. The Labute approximate surface area is 157 Å². The van der Waals surface area contributed by atoms with Gasteiger partial charge in [0.05, 0.1) is 25.3 Å². The van der Waals surface area contributed by atoms with E-state index in [1.807, 2.05) is 25.1 Å². The number of carboxylic acids is 1. The second kappa shape index (κ2) is 7.77. The maximum atomic E-state index is 13.1. The average molecular weight is 372 g/mol. The minimum Gasteiger partial charge on any atom is -0.496 e. The Bertz CT molecular complexity index is 840. The van der Waals surface area contributed by atoms with E-state index in [1.54, 1.807) is 7.11 Å². The molecule has 1 heterocycles. The quantitative estimate of drug-likeness (QED) is 0.768. The standard InChI is InChI=1S/C19H24N4O4/c1-13-5-6-14(9-16(13)27-2)19(7-3-4-8-19)18(26)20-10-15-11-23(22-21-15)12-17(24)25/h5-6,9,11H,3-4,7-8,10,12H2,1-2H3,(H,20,26)(H,24,25). The monoisotopic (exact) mass is 372 g/mol. The van der Waals surface area contributed by atoms with E-state index in [0.717, 1.165) is 42.6 Å². The van der Waals surface area contributed by atoms with Crippen LogP contribution in [-0.4, -0.2) is 39.1 Å². The van der Waals surface area contributed by atoms with Gasteiger partial charge < -0.3 is 15.2 Å². The zero-order valence-corrected chi connectivity index (χ0v) is 15.6. The smallest absolute Gasteiger partial charge is 0.325 e. The summed E-state index contributed by atoms with van der Waals surface area (Å²) in [5, 5.41) is 19.4. The van der Waals surface area contributed by atoms with Gasteiger partial charge >= 0.3 is 5.97 Å². The highest BCUT2D eigenvalue weighted by Gasteiger charge is 2.42. The maximum Gasteiger partial charge on any atom is 0.325 e. The van der Waals surface area contributed by atoms with Crippen molar-refractivity contribution in [1.29, 1.82) is 0 Å². The Balaban J connectivity index is 1.75. The van der Waals surface area contributed by atoms with E-state index < -0.39 is 11.4 Å². The first-order valence-electron chi connectivity index (χ1n) is 8.99. The maximum absolute atomic E-state index is 13.1. The topological polar surface area (TPSA) is 106 Å². The molecule has 1 aliphatic carbocycles. The summed E-state index contributed by atoms with van der Waals surface area (Å²) in [5.74, 6) is -0.254. The van der Waals surface area contributed by atoms with Crippen LogP contribution in [0.5, 0.6) is 5.75 Å². The van der Waals surface area contributed by atoms with Crippen molar-refractivity contribution in [2.75, 3.05) is 7.11 Å². The fraction of sp³-hybridized carbons (Fsp3) is 0.474. The number of benzene rings is 1. The molecule has 144 valence electrons. The van der Waals surface area contributed by atoms with Gasteiger partial charge in [-0.05, 0) is 37.0 Å². The van der Waals surface area contributed by atoms with Gasteiger partial charge in [-0.3, -0.25) is 9.59 Å². The van der Waals surface area contributed by atoms with Crippen molar-refractivity contribution < 1.29 is 19.4 Å². The number of ether oxygens (including phenoxy) is 1. The minimum atomic E-state index is -0.992. The van der Waals surface area contributed by atoms with Crippen molar-refractivity contribution in [2.45, 2.75) is 51.1 Å². The summed E-state index contributed by atoms with van der Waals surface area (Å²) in [5.41, 5.74) is 1.96. The number of carboxylic acid groups (broad SMARTS) is 1. The van der Waals surface area contributed by atoms with E-state index in [9.17, 15) is 9.59 Å². The number of carbonyl (C=O) groups is 2. The predicted octanol–water partition coefficient (Wildman–Crippen LogP) is 1.81. The van der Waals surface area contributed by atoms with Crippen LogP contribution in [0, 0.1) is 6.92 Å². The Morgan fingerprint density at radius 1 is 1.33 bits per heavy atom. The molecule has 0 aliphatic heterocycles. The molecule has 8 nitrogen and oxygen atoms in total. The van der Waals surface area contributed by atoms with Gasteiger partial charge in [0.25, 0.3) is 0 Å². The molecule has 2 N–H and O–H groups in total. The normalized spacial score (nSPS) is 15.5. The molecule has 1 aromatic heterocycles. The van der Waals surface area contributed by atoms with Crippen LogP contribution in [0.3, 0.4) is 0 Å². The van der Waals surface area contributed by atoms with Crippen LogP contribution in [0.25, 0.3) is 0 Å². The molecular weight excluding hydrogens is 348 g/mol. The zero-order valence-electron chi connectivity index (χ0n) is 15.6. The molecule has 0 atom stereocenters. The van der Waals surface area contributed by atoms with E-state index in [0.29, 0.717) is 5.69 Å². The van der Waals surface area contributed by atoms with E-state index in [2.05, 4.69) is 15.6 Å². The summed E-state index contributed by atoms with van der Waals surface area (Å²) in [7, 11) is 1.63. The SMILES string of the molecule is COc1cc(C2(C(=O)NCc3cn(CC(=O)O)nn3)CCCC2)ccc1C. The predicted molar refractivity (Wildman–Crippen MR) is 97.4 cm³/mol. The zero-order chi connectivity index (χ0) is 19.4. The van der Waals surface area contributed by atoms with Gasteiger partial charge in [0, 0.05) is 0 Å². The van der Waals surface area contributed by atoms with Crippen LogP contribution in [0.15, 0.2) is 24.4 Å². The first kappa shape index (κ1) is 18.9. The fourth-order valence-corrected chi connectivity index (χ4v) is 3.72. The molecule has 1 amide bonds. The van der Waals surface area contributed by atoms with E-state index in [4.69, 9.17) is 9.84 Å². The number of nitrogens with one attached hydrogen (secondary N) is 1. The van der Waals surface area contributed by atoms with Gasteiger partial charge in [-0.1, -0.05) is 30.2 Å². The number of amides is 1. The van der Waals surface area contributed by atoms with Gasteiger partial charge in [-0.25, -0.2) is 4.68 Å². The minimum absolute atomic E-state index is 0.0429. The molecule has 2 aromatic rings. The summed E-state index contributed by atoms with van der Waals surface area (Å²) in [6, 6.07) is 5.95. The highest BCUT2D eigenvalue weighted by atomic mass is 16.5. The highest BCUT2D eigenvalue weighted by molar-refractivity contribution is 5.88. The van der Waals surface area contributed by atoms with Crippen molar-refractivity contribution in [3.63, 3.8) is 0 Å². The van der Waals surface area contributed by atoms with Crippen LogP contribution in [-0.2, 0) is 28.1 Å². The molecule has 1 saturated carbocycles. The Morgan fingerprint density at radius 3 is 2.74 bits per heavy atom. The Hall–Kier alpha value is -2.90. The van der Waals surface area contributed by atoms with E-state index in [-0.39, 0.29) is 19.0 Å². The lowest BCUT2D eigenvalue weighted by Gasteiger charge is -2.29. The summed E-state index contributed by atoms with van der Waals surface area (Å²) in [6.07, 6.45) is 5.11. The lowest BCUT2D eigenvalue weighted by atomic mass is 9.77. The number of aryl methyl sites for hydroxylation is 1. The molecule has 0 saturated heterocycles. The van der Waals surface area contributed by atoms with Crippen LogP contribution < -0.4 is 10.1 Å². The molecule has 1 aromatic carbocycles. The highest BCUT2D eigenvalue weighted by Crippen LogP contribution is 2.42. The molecule has 1 aliphatic rings. The molecule has 0 unspecified atom stereocenters. The molecule has 0 bridgehead atoms. The van der Waals surface area contributed by atoms with Crippen LogP contribution in [0.1, 0.15) is 42.5 Å². The third kappa shape index (κ3) is 3.94. The lowest BCUT2D eigenvalue weighted by Crippen LogP contribution is -2.42. The summed E-state index contributed by atoms with van der Waals surface area (Å²) in [4.78, 5) is 23.8. The number of rotatable bonds is 7. The Morgan fingerprint density at radius 2 is 2.07 bits per heavy atom. The number of carbonyl (C=O) groups excluding carboxylic acids is 1.